The number of aliphatic imine (C=N–C) groups is 1. The van der Waals surface area contributed by atoms with Gasteiger partial charge in [-0.3, -0.25) is 4.99 Å². The van der Waals surface area contributed by atoms with Crippen LogP contribution in [0.3, 0.4) is 0 Å². The molecule has 1 aliphatic rings. The lowest BCUT2D eigenvalue weighted by molar-refractivity contribution is 0.578. The van der Waals surface area contributed by atoms with Crippen molar-refractivity contribution in [3.63, 3.8) is 0 Å². The fourth-order valence-electron chi connectivity index (χ4n) is 2.83. The Bertz CT molecular complexity index is 656. The minimum absolute atomic E-state index is 1.02. The second-order valence-electron chi connectivity index (χ2n) is 5.83. The standard InChI is InChI=1S/C19H21BrN2/c1-15-13-17(20)7-10-19(15)21-14-16-5-8-18(9-6-16)22-11-3-2-4-12-22/h5-10,13-14H,2-4,11-12H2,1H3. The maximum Gasteiger partial charge on any atom is 0.0659 e. The van der Waals surface area contributed by atoms with Crippen LogP contribution in [-0.4, -0.2) is 19.3 Å². The Morgan fingerprint density at radius 1 is 1.00 bits per heavy atom. The summed E-state index contributed by atoms with van der Waals surface area (Å²) >= 11 is 3.48. The van der Waals surface area contributed by atoms with E-state index in [2.05, 4.69) is 63.1 Å². The predicted octanol–water partition coefficient (Wildman–Crippen LogP) is 5.50. The molecule has 0 aromatic heterocycles. The molecule has 114 valence electrons. The summed E-state index contributed by atoms with van der Waals surface area (Å²) in [6.07, 6.45) is 5.93. The van der Waals surface area contributed by atoms with Gasteiger partial charge in [0.15, 0.2) is 0 Å². The second-order valence-corrected chi connectivity index (χ2v) is 6.74. The summed E-state index contributed by atoms with van der Waals surface area (Å²) in [6, 6.07) is 14.9. The Balaban J connectivity index is 1.71. The Kier molecular flexibility index (Phi) is 4.94. The highest BCUT2D eigenvalue weighted by molar-refractivity contribution is 9.10. The number of anilines is 1. The molecule has 1 saturated heterocycles. The summed E-state index contributed by atoms with van der Waals surface area (Å²) in [6.45, 7) is 4.45. The normalized spacial score (nSPS) is 15.5. The molecule has 0 N–H and O–H groups in total. The van der Waals surface area contributed by atoms with E-state index in [0.29, 0.717) is 0 Å². The van der Waals surface area contributed by atoms with Gasteiger partial charge < -0.3 is 4.90 Å². The molecule has 0 aliphatic carbocycles. The summed E-state index contributed by atoms with van der Waals surface area (Å²) < 4.78 is 1.09. The number of piperidine rings is 1. The van der Waals surface area contributed by atoms with Gasteiger partial charge >= 0.3 is 0 Å². The average molecular weight is 357 g/mol. The predicted molar refractivity (Wildman–Crippen MR) is 98.6 cm³/mol. The molecular formula is C19H21BrN2. The highest BCUT2D eigenvalue weighted by atomic mass is 79.9. The number of aryl methyl sites for hydroxylation is 1. The minimum atomic E-state index is 1.02. The van der Waals surface area contributed by atoms with Crippen molar-refractivity contribution in [3.8, 4) is 0 Å². The quantitative estimate of drug-likeness (QED) is 0.663. The lowest BCUT2D eigenvalue weighted by Gasteiger charge is -2.28. The van der Waals surface area contributed by atoms with Gasteiger partial charge in [0.05, 0.1) is 5.69 Å². The smallest absolute Gasteiger partial charge is 0.0659 e. The van der Waals surface area contributed by atoms with E-state index in [-0.39, 0.29) is 0 Å². The van der Waals surface area contributed by atoms with Crippen LogP contribution in [0.25, 0.3) is 0 Å². The van der Waals surface area contributed by atoms with Crippen LogP contribution in [0, 0.1) is 6.92 Å². The summed E-state index contributed by atoms with van der Waals surface area (Å²) in [5.74, 6) is 0. The van der Waals surface area contributed by atoms with Crippen molar-refractivity contribution in [2.24, 2.45) is 4.99 Å². The van der Waals surface area contributed by atoms with Crippen LogP contribution in [0.1, 0.15) is 30.4 Å². The first-order chi connectivity index (χ1) is 10.7. The zero-order valence-corrected chi connectivity index (χ0v) is 14.5. The lowest BCUT2D eigenvalue weighted by atomic mass is 10.1. The van der Waals surface area contributed by atoms with E-state index in [1.807, 2.05) is 18.3 Å². The molecule has 0 amide bonds. The molecule has 0 bridgehead atoms. The fourth-order valence-corrected chi connectivity index (χ4v) is 3.31. The molecule has 0 saturated carbocycles. The highest BCUT2D eigenvalue weighted by Crippen LogP contribution is 2.23. The van der Waals surface area contributed by atoms with E-state index < -0.39 is 0 Å². The van der Waals surface area contributed by atoms with Crippen LogP contribution < -0.4 is 4.90 Å². The van der Waals surface area contributed by atoms with Gasteiger partial charge in [-0.15, -0.1) is 0 Å². The van der Waals surface area contributed by atoms with Gasteiger partial charge in [-0.2, -0.15) is 0 Å². The fraction of sp³-hybridized carbons (Fsp3) is 0.316. The summed E-state index contributed by atoms with van der Waals surface area (Å²) in [7, 11) is 0. The van der Waals surface area contributed by atoms with E-state index in [9.17, 15) is 0 Å². The summed E-state index contributed by atoms with van der Waals surface area (Å²) in [4.78, 5) is 7.08. The molecule has 0 atom stereocenters. The van der Waals surface area contributed by atoms with Crippen molar-refractivity contribution < 1.29 is 0 Å². The first kappa shape index (κ1) is 15.3. The monoisotopic (exact) mass is 356 g/mol. The van der Waals surface area contributed by atoms with E-state index in [1.165, 1.54) is 43.6 Å². The SMILES string of the molecule is Cc1cc(Br)ccc1N=Cc1ccc(N2CCCCC2)cc1. The van der Waals surface area contributed by atoms with Crippen LogP contribution >= 0.6 is 15.9 Å². The van der Waals surface area contributed by atoms with Crippen molar-refractivity contribution in [2.75, 3.05) is 18.0 Å². The van der Waals surface area contributed by atoms with Gasteiger partial charge in [-0.05, 0) is 67.6 Å². The van der Waals surface area contributed by atoms with E-state index in [0.717, 1.165) is 15.7 Å². The second kappa shape index (κ2) is 7.10. The molecule has 1 heterocycles. The third kappa shape index (κ3) is 3.77. The van der Waals surface area contributed by atoms with Gasteiger partial charge in [0.2, 0.25) is 0 Å². The zero-order valence-electron chi connectivity index (χ0n) is 12.9. The third-order valence-corrected chi connectivity index (χ3v) is 4.62. The molecule has 0 radical (unpaired) electrons. The number of rotatable bonds is 3. The number of halogens is 1. The summed E-state index contributed by atoms with van der Waals surface area (Å²) in [5, 5.41) is 0. The Hall–Kier alpha value is -1.61. The topological polar surface area (TPSA) is 15.6 Å². The van der Waals surface area contributed by atoms with Crippen LogP contribution in [-0.2, 0) is 0 Å². The van der Waals surface area contributed by atoms with Crippen molar-refractivity contribution in [3.05, 3.63) is 58.1 Å². The number of hydrogen-bond acceptors (Lipinski definition) is 2. The molecule has 2 aromatic rings. The van der Waals surface area contributed by atoms with Gasteiger partial charge in [0.1, 0.15) is 0 Å². The van der Waals surface area contributed by atoms with Crippen molar-refractivity contribution in [1.82, 2.24) is 0 Å². The van der Waals surface area contributed by atoms with Crippen molar-refractivity contribution in [1.29, 1.82) is 0 Å². The molecule has 0 unspecified atom stereocenters. The molecule has 0 spiro atoms. The van der Waals surface area contributed by atoms with Gasteiger partial charge in [0.25, 0.3) is 0 Å². The van der Waals surface area contributed by atoms with Crippen LogP contribution in [0.2, 0.25) is 0 Å². The lowest BCUT2D eigenvalue weighted by Crippen LogP contribution is -2.29. The van der Waals surface area contributed by atoms with Crippen molar-refractivity contribution >= 4 is 33.5 Å². The molecule has 3 heteroatoms. The van der Waals surface area contributed by atoms with Crippen molar-refractivity contribution in [2.45, 2.75) is 26.2 Å². The highest BCUT2D eigenvalue weighted by Gasteiger charge is 2.10. The Morgan fingerprint density at radius 3 is 2.41 bits per heavy atom. The summed E-state index contributed by atoms with van der Waals surface area (Å²) in [5.41, 5.74) is 4.67. The van der Waals surface area contributed by atoms with Gasteiger partial charge in [-0.1, -0.05) is 28.1 Å². The number of nitrogens with zero attached hydrogens (tertiary/aromatic N) is 2. The number of hydrogen-bond donors (Lipinski definition) is 0. The van der Waals surface area contributed by atoms with E-state index in [1.54, 1.807) is 0 Å². The third-order valence-electron chi connectivity index (χ3n) is 4.13. The number of benzene rings is 2. The molecule has 1 fully saturated rings. The first-order valence-electron chi connectivity index (χ1n) is 7.87. The van der Waals surface area contributed by atoms with E-state index >= 15 is 0 Å². The molecular weight excluding hydrogens is 336 g/mol. The van der Waals surface area contributed by atoms with Crippen LogP contribution in [0.4, 0.5) is 11.4 Å². The van der Waals surface area contributed by atoms with E-state index in [4.69, 9.17) is 0 Å². The molecule has 3 rings (SSSR count). The zero-order chi connectivity index (χ0) is 15.4. The maximum atomic E-state index is 4.60. The van der Waals surface area contributed by atoms with Gasteiger partial charge in [0, 0.05) is 29.5 Å². The first-order valence-corrected chi connectivity index (χ1v) is 8.67. The largest absolute Gasteiger partial charge is 0.372 e. The molecule has 22 heavy (non-hydrogen) atoms. The Morgan fingerprint density at radius 2 is 1.73 bits per heavy atom. The molecule has 2 aromatic carbocycles. The van der Waals surface area contributed by atoms with Crippen LogP contribution in [0.5, 0.6) is 0 Å². The minimum Gasteiger partial charge on any atom is -0.372 e. The molecule has 2 nitrogen and oxygen atoms in total. The maximum absolute atomic E-state index is 4.60. The average Bonchev–Trinajstić information content (AvgIpc) is 2.55. The van der Waals surface area contributed by atoms with Gasteiger partial charge in [-0.25, -0.2) is 0 Å². The Labute approximate surface area is 141 Å². The molecule has 1 aliphatic heterocycles. The van der Waals surface area contributed by atoms with Crippen LogP contribution in [0.15, 0.2) is 51.9 Å².